The first-order valence-corrected chi connectivity index (χ1v) is 6.43. The first-order chi connectivity index (χ1) is 8.66. The van der Waals surface area contributed by atoms with Crippen molar-refractivity contribution in [1.82, 2.24) is 19.5 Å². The highest BCUT2D eigenvalue weighted by atomic mass is 19.1. The molecule has 0 saturated carbocycles. The van der Waals surface area contributed by atoms with Gasteiger partial charge in [0.2, 0.25) is 0 Å². The van der Waals surface area contributed by atoms with Crippen molar-refractivity contribution < 1.29 is 4.39 Å². The van der Waals surface area contributed by atoms with Crippen molar-refractivity contribution in [3.8, 4) is 0 Å². The van der Waals surface area contributed by atoms with Crippen molar-refractivity contribution in [3.05, 3.63) is 30.0 Å². The maximum absolute atomic E-state index is 13.3. The molecule has 18 heavy (non-hydrogen) atoms. The summed E-state index contributed by atoms with van der Waals surface area (Å²) in [6, 6.07) is 3.81. The van der Waals surface area contributed by atoms with Crippen LogP contribution in [0.2, 0.25) is 0 Å². The van der Waals surface area contributed by atoms with E-state index in [1.165, 1.54) is 12.3 Å². The van der Waals surface area contributed by atoms with Gasteiger partial charge in [0.1, 0.15) is 5.82 Å². The van der Waals surface area contributed by atoms with Gasteiger partial charge in [0.05, 0.1) is 6.04 Å². The third-order valence-electron chi connectivity index (χ3n) is 3.65. The summed E-state index contributed by atoms with van der Waals surface area (Å²) >= 11 is 0. The zero-order valence-electron chi connectivity index (χ0n) is 10.7. The van der Waals surface area contributed by atoms with Gasteiger partial charge in [0.15, 0.2) is 11.5 Å². The second-order valence-corrected chi connectivity index (χ2v) is 5.12. The first-order valence-electron chi connectivity index (χ1n) is 6.43. The van der Waals surface area contributed by atoms with Gasteiger partial charge in [0, 0.05) is 12.2 Å². The van der Waals surface area contributed by atoms with Gasteiger partial charge < -0.3 is 0 Å². The largest absolute Gasteiger partial charge is 0.291 e. The van der Waals surface area contributed by atoms with E-state index >= 15 is 0 Å². The SMILES string of the molecule is CC(C)N1CCC[C@H]1c1nnc2ccc(F)cn12. The van der Waals surface area contributed by atoms with Crippen molar-refractivity contribution in [2.75, 3.05) is 6.54 Å². The Labute approximate surface area is 105 Å². The molecule has 0 unspecified atom stereocenters. The quantitative estimate of drug-likeness (QED) is 0.818. The van der Waals surface area contributed by atoms with Crippen molar-refractivity contribution in [2.45, 2.75) is 38.8 Å². The molecule has 3 rings (SSSR count). The normalized spacial score (nSPS) is 21.2. The average Bonchev–Trinajstić information content (AvgIpc) is 2.92. The third-order valence-corrected chi connectivity index (χ3v) is 3.65. The minimum Gasteiger partial charge on any atom is -0.291 e. The molecule has 1 aliphatic heterocycles. The molecule has 0 aliphatic carbocycles. The van der Waals surface area contributed by atoms with Crippen LogP contribution in [-0.4, -0.2) is 32.1 Å². The molecule has 1 aliphatic rings. The third kappa shape index (κ3) is 1.79. The predicted octanol–water partition coefficient (Wildman–Crippen LogP) is 2.41. The zero-order chi connectivity index (χ0) is 12.7. The Hall–Kier alpha value is -1.49. The Morgan fingerprint density at radius 2 is 2.17 bits per heavy atom. The number of halogens is 1. The summed E-state index contributed by atoms with van der Waals surface area (Å²) in [5.74, 6) is 0.605. The summed E-state index contributed by atoms with van der Waals surface area (Å²) in [5, 5.41) is 8.37. The van der Waals surface area contributed by atoms with Crippen LogP contribution in [0.1, 0.15) is 38.6 Å². The highest BCUT2D eigenvalue weighted by Gasteiger charge is 2.31. The fourth-order valence-electron chi connectivity index (χ4n) is 2.79. The van der Waals surface area contributed by atoms with Gasteiger partial charge in [-0.15, -0.1) is 10.2 Å². The van der Waals surface area contributed by atoms with Crippen LogP contribution in [0.25, 0.3) is 5.65 Å². The van der Waals surface area contributed by atoms with Crippen LogP contribution in [-0.2, 0) is 0 Å². The molecule has 0 bridgehead atoms. The lowest BCUT2D eigenvalue weighted by Crippen LogP contribution is -2.31. The number of hydrogen-bond donors (Lipinski definition) is 0. The number of hydrogen-bond acceptors (Lipinski definition) is 3. The van der Waals surface area contributed by atoms with Gasteiger partial charge in [-0.2, -0.15) is 0 Å². The van der Waals surface area contributed by atoms with Crippen LogP contribution in [0, 0.1) is 5.82 Å². The minimum atomic E-state index is -0.252. The topological polar surface area (TPSA) is 33.4 Å². The Morgan fingerprint density at radius 3 is 2.94 bits per heavy atom. The molecule has 4 nitrogen and oxygen atoms in total. The van der Waals surface area contributed by atoms with Crippen molar-refractivity contribution >= 4 is 5.65 Å². The number of likely N-dealkylation sites (tertiary alicyclic amines) is 1. The van der Waals surface area contributed by atoms with Gasteiger partial charge in [-0.3, -0.25) is 9.30 Å². The lowest BCUT2D eigenvalue weighted by molar-refractivity contribution is 0.197. The van der Waals surface area contributed by atoms with Crippen molar-refractivity contribution in [3.63, 3.8) is 0 Å². The average molecular weight is 248 g/mol. The molecule has 0 spiro atoms. The van der Waals surface area contributed by atoms with E-state index in [-0.39, 0.29) is 11.9 Å². The molecule has 0 amide bonds. The van der Waals surface area contributed by atoms with Crippen LogP contribution in [0.5, 0.6) is 0 Å². The monoisotopic (exact) mass is 248 g/mol. The van der Waals surface area contributed by atoms with E-state index in [1.54, 1.807) is 10.5 Å². The molecule has 0 aromatic carbocycles. The van der Waals surface area contributed by atoms with Crippen molar-refractivity contribution in [1.29, 1.82) is 0 Å². The van der Waals surface area contributed by atoms with Crippen LogP contribution >= 0.6 is 0 Å². The number of nitrogens with zero attached hydrogens (tertiary/aromatic N) is 4. The fourth-order valence-corrected chi connectivity index (χ4v) is 2.79. The van der Waals surface area contributed by atoms with Crippen LogP contribution in [0.15, 0.2) is 18.3 Å². The number of rotatable bonds is 2. The Morgan fingerprint density at radius 1 is 1.33 bits per heavy atom. The van der Waals surface area contributed by atoms with Gasteiger partial charge in [-0.1, -0.05) is 0 Å². The maximum Gasteiger partial charge on any atom is 0.160 e. The Balaban J connectivity index is 2.06. The van der Waals surface area contributed by atoms with Crippen LogP contribution < -0.4 is 0 Å². The predicted molar refractivity (Wildman–Crippen MR) is 66.8 cm³/mol. The highest BCUT2D eigenvalue weighted by molar-refractivity contribution is 5.38. The van der Waals surface area contributed by atoms with E-state index < -0.39 is 0 Å². The summed E-state index contributed by atoms with van der Waals surface area (Å²) in [4.78, 5) is 2.40. The summed E-state index contributed by atoms with van der Waals surface area (Å²) < 4.78 is 15.1. The molecule has 1 fully saturated rings. The van der Waals surface area contributed by atoms with E-state index in [2.05, 4.69) is 28.9 Å². The van der Waals surface area contributed by atoms with Gasteiger partial charge >= 0.3 is 0 Å². The molecule has 0 N–H and O–H groups in total. The van der Waals surface area contributed by atoms with Crippen LogP contribution in [0.3, 0.4) is 0 Å². The molecular weight excluding hydrogens is 231 g/mol. The summed E-state index contributed by atoms with van der Waals surface area (Å²) in [7, 11) is 0. The Kier molecular flexibility index (Phi) is 2.78. The molecule has 2 aromatic heterocycles. The molecule has 1 atom stereocenters. The second kappa shape index (κ2) is 4.31. The van der Waals surface area contributed by atoms with Gasteiger partial charge in [0.25, 0.3) is 0 Å². The van der Waals surface area contributed by atoms with E-state index in [0.29, 0.717) is 11.7 Å². The lowest BCUT2D eigenvalue weighted by Gasteiger charge is -2.26. The Bertz CT molecular complexity index is 563. The lowest BCUT2D eigenvalue weighted by atomic mass is 10.2. The summed E-state index contributed by atoms with van der Waals surface area (Å²) in [5.41, 5.74) is 0.710. The van der Waals surface area contributed by atoms with Crippen molar-refractivity contribution in [2.24, 2.45) is 0 Å². The number of fused-ring (bicyclic) bond motifs is 1. The minimum absolute atomic E-state index is 0.252. The van der Waals surface area contributed by atoms with E-state index in [1.807, 2.05) is 0 Å². The highest BCUT2D eigenvalue weighted by Crippen LogP contribution is 2.32. The zero-order valence-corrected chi connectivity index (χ0v) is 10.7. The maximum atomic E-state index is 13.3. The fraction of sp³-hybridized carbons (Fsp3) is 0.538. The molecule has 3 heterocycles. The molecule has 96 valence electrons. The summed E-state index contributed by atoms with van der Waals surface area (Å²) in [6.45, 7) is 5.44. The number of aromatic nitrogens is 3. The standard InChI is InChI=1S/C13H17FN4/c1-9(2)17-7-3-4-11(17)13-16-15-12-6-5-10(14)8-18(12)13/h5-6,8-9,11H,3-4,7H2,1-2H3/t11-/m0/s1. The van der Waals surface area contributed by atoms with Crippen LogP contribution in [0.4, 0.5) is 4.39 Å². The summed E-state index contributed by atoms with van der Waals surface area (Å²) in [6.07, 6.45) is 3.70. The van der Waals surface area contributed by atoms with E-state index in [4.69, 9.17) is 0 Å². The molecule has 5 heteroatoms. The van der Waals surface area contributed by atoms with E-state index in [0.717, 1.165) is 25.2 Å². The first kappa shape index (κ1) is 11.6. The molecule has 2 aromatic rings. The molecule has 0 radical (unpaired) electrons. The smallest absolute Gasteiger partial charge is 0.160 e. The molecule has 1 saturated heterocycles. The van der Waals surface area contributed by atoms with Gasteiger partial charge in [-0.25, -0.2) is 4.39 Å². The number of pyridine rings is 1. The second-order valence-electron chi connectivity index (χ2n) is 5.12. The molecular formula is C13H17FN4. The van der Waals surface area contributed by atoms with E-state index in [9.17, 15) is 4.39 Å². The van der Waals surface area contributed by atoms with Gasteiger partial charge in [-0.05, 0) is 45.4 Å².